The van der Waals surface area contributed by atoms with Gasteiger partial charge in [0.2, 0.25) is 0 Å². The zero-order chi connectivity index (χ0) is 14.2. The Morgan fingerprint density at radius 1 is 1.33 bits per heavy atom. The van der Waals surface area contributed by atoms with E-state index >= 15 is 0 Å². The minimum absolute atomic E-state index is 0.753. The van der Waals surface area contributed by atoms with E-state index in [-0.39, 0.29) is 0 Å². The summed E-state index contributed by atoms with van der Waals surface area (Å²) in [6, 6.07) is 2.90. The zero-order valence-corrected chi connectivity index (χ0v) is 14.2. The fraction of sp³-hybridized carbons (Fsp3) is 0.500. The van der Waals surface area contributed by atoms with Gasteiger partial charge in [-0.3, -0.25) is 0 Å². The molecule has 0 aromatic carbocycles. The number of rotatable bonds is 4. The first-order chi connectivity index (χ1) is 10.3. The maximum Gasteiger partial charge on any atom is 0.169 e. The van der Waals surface area contributed by atoms with Crippen LogP contribution in [0.3, 0.4) is 0 Å². The minimum Gasteiger partial charge on any atom is -0.314 e. The molecule has 2 aromatic heterocycles. The number of hydrogen-bond acceptors (Lipinski definition) is 4. The molecule has 2 heterocycles. The molecule has 3 nitrogen and oxygen atoms in total. The summed E-state index contributed by atoms with van der Waals surface area (Å²) >= 11 is 5.18. The van der Waals surface area contributed by atoms with Crippen LogP contribution in [0.15, 0.2) is 22.1 Å². The van der Waals surface area contributed by atoms with Crippen molar-refractivity contribution >= 4 is 27.3 Å². The molecule has 1 N–H and O–H groups in total. The van der Waals surface area contributed by atoms with Gasteiger partial charge in [-0.05, 0) is 72.1 Å². The molecular weight excluding hydrogens is 346 g/mol. The first kappa shape index (κ1) is 13.9. The second-order valence-electron chi connectivity index (χ2n) is 6.09. The largest absolute Gasteiger partial charge is 0.314 e. The molecule has 0 amide bonds. The van der Waals surface area contributed by atoms with Gasteiger partial charge >= 0.3 is 0 Å². The average Bonchev–Trinajstić information content (AvgIpc) is 3.24. The van der Waals surface area contributed by atoms with Crippen molar-refractivity contribution in [2.75, 3.05) is 6.54 Å². The lowest BCUT2D eigenvalue weighted by molar-refractivity contribution is 0.418. The summed E-state index contributed by atoms with van der Waals surface area (Å²) in [6.45, 7) is 1.16. The summed E-state index contributed by atoms with van der Waals surface area (Å²) in [5.41, 5.74) is 2.61. The number of thiophene rings is 1. The van der Waals surface area contributed by atoms with Crippen LogP contribution in [0, 0.1) is 5.92 Å². The Balaban J connectivity index is 1.48. The van der Waals surface area contributed by atoms with Crippen molar-refractivity contribution in [3.63, 3.8) is 0 Å². The predicted octanol–water partition coefficient (Wildman–Crippen LogP) is 3.82. The Hall–Kier alpha value is -0.780. The first-order valence-corrected chi connectivity index (χ1v) is 9.28. The van der Waals surface area contributed by atoms with Gasteiger partial charge in [0.1, 0.15) is 0 Å². The highest BCUT2D eigenvalue weighted by atomic mass is 79.9. The van der Waals surface area contributed by atoms with E-state index in [1.165, 1.54) is 30.5 Å². The van der Waals surface area contributed by atoms with Crippen LogP contribution in [0.25, 0.3) is 10.7 Å². The van der Waals surface area contributed by atoms with Crippen molar-refractivity contribution in [2.45, 2.75) is 38.1 Å². The van der Waals surface area contributed by atoms with Gasteiger partial charge in [-0.1, -0.05) is 0 Å². The van der Waals surface area contributed by atoms with E-state index in [1.54, 1.807) is 11.3 Å². The summed E-state index contributed by atoms with van der Waals surface area (Å²) in [6.07, 6.45) is 8.25. The van der Waals surface area contributed by atoms with Crippen molar-refractivity contribution in [1.82, 2.24) is 15.3 Å². The Labute approximate surface area is 137 Å². The maximum atomic E-state index is 4.80. The Morgan fingerprint density at radius 2 is 2.24 bits per heavy atom. The van der Waals surface area contributed by atoms with Gasteiger partial charge in [-0.15, -0.1) is 11.3 Å². The van der Waals surface area contributed by atoms with Gasteiger partial charge in [0.15, 0.2) is 5.82 Å². The summed E-state index contributed by atoms with van der Waals surface area (Å²) in [5, 5.41) is 5.73. The molecule has 0 radical (unpaired) electrons. The van der Waals surface area contributed by atoms with Crippen molar-refractivity contribution in [1.29, 1.82) is 0 Å². The van der Waals surface area contributed by atoms with Crippen LogP contribution in [-0.4, -0.2) is 22.6 Å². The number of halogens is 1. The molecule has 2 aromatic rings. The van der Waals surface area contributed by atoms with Gasteiger partial charge in [-0.2, -0.15) is 0 Å². The Morgan fingerprint density at radius 3 is 3.00 bits per heavy atom. The lowest BCUT2D eigenvalue weighted by Gasteiger charge is -2.24. The Kier molecular flexibility index (Phi) is 3.81. The van der Waals surface area contributed by atoms with E-state index < -0.39 is 0 Å². The second kappa shape index (κ2) is 5.78. The molecule has 1 unspecified atom stereocenters. The quantitative estimate of drug-likeness (QED) is 0.896. The van der Waals surface area contributed by atoms with Crippen LogP contribution in [-0.2, 0) is 12.8 Å². The highest BCUT2D eigenvalue weighted by molar-refractivity contribution is 9.10. The third kappa shape index (κ3) is 3.20. The summed E-state index contributed by atoms with van der Waals surface area (Å²) < 4.78 is 1.11. The zero-order valence-electron chi connectivity index (χ0n) is 11.8. The molecule has 21 heavy (non-hydrogen) atoms. The molecule has 1 atom stereocenters. The van der Waals surface area contributed by atoms with Gasteiger partial charge in [0.05, 0.1) is 4.88 Å². The molecule has 2 aliphatic rings. The molecule has 0 aliphatic heterocycles. The van der Waals surface area contributed by atoms with Gasteiger partial charge in [-0.25, -0.2) is 9.97 Å². The molecule has 0 spiro atoms. The van der Waals surface area contributed by atoms with Crippen molar-refractivity contribution in [2.24, 2.45) is 5.92 Å². The van der Waals surface area contributed by atoms with Crippen LogP contribution in [0.2, 0.25) is 0 Å². The lowest BCUT2D eigenvalue weighted by atomic mass is 9.87. The molecule has 2 aliphatic carbocycles. The minimum atomic E-state index is 0.753. The molecule has 1 fully saturated rings. The monoisotopic (exact) mass is 363 g/mol. The highest BCUT2D eigenvalue weighted by Crippen LogP contribution is 2.30. The summed E-state index contributed by atoms with van der Waals surface area (Å²) in [7, 11) is 0. The first-order valence-electron chi connectivity index (χ1n) is 7.60. The van der Waals surface area contributed by atoms with E-state index in [0.717, 1.165) is 46.5 Å². The highest BCUT2D eigenvalue weighted by Gasteiger charge is 2.25. The number of fused-ring (bicyclic) bond motifs is 1. The summed E-state index contributed by atoms with van der Waals surface area (Å²) in [5.74, 6) is 1.63. The molecule has 5 heteroatoms. The van der Waals surface area contributed by atoms with Crippen LogP contribution in [0.4, 0.5) is 0 Å². The normalized spacial score (nSPS) is 21.3. The smallest absolute Gasteiger partial charge is 0.169 e. The average molecular weight is 364 g/mol. The van der Waals surface area contributed by atoms with Gasteiger partial charge in [0.25, 0.3) is 0 Å². The van der Waals surface area contributed by atoms with E-state index in [4.69, 9.17) is 4.98 Å². The van der Waals surface area contributed by atoms with Crippen LogP contribution >= 0.6 is 27.3 Å². The van der Waals surface area contributed by atoms with Crippen molar-refractivity contribution < 1.29 is 0 Å². The molecule has 110 valence electrons. The van der Waals surface area contributed by atoms with Crippen LogP contribution in [0.5, 0.6) is 0 Å². The topological polar surface area (TPSA) is 37.8 Å². The van der Waals surface area contributed by atoms with Crippen molar-refractivity contribution in [3.05, 3.63) is 33.4 Å². The fourth-order valence-electron chi connectivity index (χ4n) is 2.93. The number of nitrogens with one attached hydrogen (secondary N) is 1. The maximum absolute atomic E-state index is 4.80. The Bertz CT molecular complexity index is 651. The molecule has 0 bridgehead atoms. The van der Waals surface area contributed by atoms with Crippen molar-refractivity contribution in [3.8, 4) is 10.7 Å². The third-order valence-corrected chi connectivity index (χ3v) is 6.00. The van der Waals surface area contributed by atoms with Gasteiger partial charge < -0.3 is 5.32 Å². The molecular formula is C16H18BrN3S. The van der Waals surface area contributed by atoms with E-state index in [2.05, 4.69) is 43.9 Å². The fourth-order valence-corrected chi connectivity index (χ4v) is 4.29. The predicted molar refractivity (Wildman–Crippen MR) is 89.6 cm³/mol. The SMILES string of the molecule is Brc1csc(-c2ncc3c(n2)CCC(CNC2CC2)C3)c1. The van der Waals surface area contributed by atoms with Gasteiger partial charge in [0, 0.05) is 27.8 Å². The van der Waals surface area contributed by atoms with Crippen LogP contribution < -0.4 is 5.32 Å². The molecule has 4 rings (SSSR count). The number of aromatic nitrogens is 2. The number of aryl methyl sites for hydroxylation is 1. The lowest BCUT2D eigenvalue weighted by Crippen LogP contribution is -2.29. The summed E-state index contributed by atoms with van der Waals surface area (Å²) in [4.78, 5) is 10.5. The van der Waals surface area contributed by atoms with E-state index in [0.29, 0.717) is 0 Å². The standard InChI is InChI=1S/C16H18BrN3S/c17-12-6-15(21-9-12)16-19-8-11-5-10(1-4-14(11)20-16)7-18-13-2-3-13/h6,8-10,13,18H,1-5,7H2. The molecule has 1 saturated carbocycles. The van der Waals surface area contributed by atoms with Crippen LogP contribution in [0.1, 0.15) is 30.5 Å². The second-order valence-corrected chi connectivity index (χ2v) is 7.91. The molecule has 0 saturated heterocycles. The number of hydrogen-bond donors (Lipinski definition) is 1. The number of nitrogens with zero attached hydrogens (tertiary/aromatic N) is 2. The van der Waals surface area contributed by atoms with E-state index in [1.807, 2.05) is 0 Å². The third-order valence-electron chi connectivity index (χ3n) is 4.31. The van der Waals surface area contributed by atoms with E-state index in [9.17, 15) is 0 Å².